The first kappa shape index (κ1) is 19.2. The van der Waals surface area contributed by atoms with Crippen molar-refractivity contribution in [3.8, 4) is 5.75 Å². The predicted molar refractivity (Wildman–Crippen MR) is 108 cm³/mol. The van der Waals surface area contributed by atoms with Crippen molar-refractivity contribution < 1.29 is 19.1 Å². The fourth-order valence-electron chi connectivity index (χ4n) is 3.77. The number of fused-ring (bicyclic) bond motifs is 1. The summed E-state index contributed by atoms with van der Waals surface area (Å²) in [4.78, 5) is 26.5. The molecule has 0 aromatic heterocycles. The number of para-hydroxylation sites is 1. The molecule has 1 amide bonds. The molecule has 0 spiro atoms. The Bertz CT molecular complexity index is 878. The lowest BCUT2D eigenvalue weighted by Crippen LogP contribution is -2.46. The Morgan fingerprint density at radius 1 is 1.14 bits per heavy atom. The molecule has 0 unspecified atom stereocenters. The lowest BCUT2D eigenvalue weighted by atomic mass is 10.0. The van der Waals surface area contributed by atoms with Gasteiger partial charge in [0.1, 0.15) is 29.9 Å². The second kappa shape index (κ2) is 8.05. The van der Waals surface area contributed by atoms with Gasteiger partial charge in [-0.05, 0) is 24.1 Å². The highest BCUT2D eigenvalue weighted by atomic mass is 35.5. The maximum absolute atomic E-state index is 12.7. The molecule has 0 aliphatic carbocycles. The van der Waals surface area contributed by atoms with Crippen LogP contribution in [0.3, 0.4) is 0 Å². The minimum absolute atomic E-state index is 0.00289. The molecule has 146 valence electrons. The lowest BCUT2D eigenvalue weighted by Gasteiger charge is -2.33. The van der Waals surface area contributed by atoms with Crippen LogP contribution in [0.25, 0.3) is 0 Å². The Morgan fingerprint density at radius 2 is 1.89 bits per heavy atom. The molecule has 7 heteroatoms. The third kappa shape index (κ3) is 3.47. The molecule has 0 N–H and O–H groups in total. The van der Waals surface area contributed by atoms with E-state index in [1.54, 1.807) is 28.8 Å². The Hall–Kier alpha value is -2.18. The summed E-state index contributed by atoms with van der Waals surface area (Å²) in [5.41, 5.74) is 1.06. The number of carbonyl (C=O) groups is 2. The van der Waals surface area contributed by atoms with E-state index in [0.717, 1.165) is 5.56 Å². The number of amides is 1. The molecule has 2 aliphatic heterocycles. The summed E-state index contributed by atoms with van der Waals surface area (Å²) in [7, 11) is 0. The van der Waals surface area contributed by atoms with E-state index < -0.39 is 10.9 Å². The second-order valence-electron chi connectivity index (χ2n) is 6.69. The fraction of sp³-hybridized carbons (Fsp3) is 0.333. The summed E-state index contributed by atoms with van der Waals surface area (Å²) in [5, 5.41) is 0.510. The van der Waals surface area contributed by atoms with Gasteiger partial charge in [0.2, 0.25) is 5.91 Å². The number of ether oxygens (including phenoxy) is 2. The maximum atomic E-state index is 12.7. The molecule has 2 saturated heterocycles. The number of hydrogen-bond donors (Lipinski definition) is 0. The molecule has 0 bridgehead atoms. The summed E-state index contributed by atoms with van der Waals surface area (Å²) < 4.78 is 11.0. The van der Waals surface area contributed by atoms with Crippen molar-refractivity contribution in [3.05, 3.63) is 65.2 Å². The summed E-state index contributed by atoms with van der Waals surface area (Å²) >= 11 is 7.69. The molecule has 0 saturated carbocycles. The molecule has 2 heterocycles. The predicted octanol–water partition coefficient (Wildman–Crippen LogP) is 3.85. The molecular weight excluding hydrogens is 398 g/mol. The van der Waals surface area contributed by atoms with Gasteiger partial charge < -0.3 is 14.4 Å². The smallest absolute Gasteiger partial charge is 0.329 e. The summed E-state index contributed by atoms with van der Waals surface area (Å²) in [5.74, 6) is 0.700. The number of hydrogen-bond acceptors (Lipinski definition) is 5. The second-order valence-corrected chi connectivity index (χ2v) is 8.39. The van der Waals surface area contributed by atoms with Crippen molar-refractivity contribution in [1.29, 1.82) is 0 Å². The topological polar surface area (TPSA) is 55.8 Å². The SMILES string of the molecule is O=C(OCCOc1ccccc1Cl)[C@H]1CS[C@@]2(c3ccccc3)CCC(=O)N12. The zero-order valence-electron chi connectivity index (χ0n) is 15.2. The van der Waals surface area contributed by atoms with E-state index in [-0.39, 0.29) is 25.1 Å². The van der Waals surface area contributed by atoms with Gasteiger partial charge in [-0.3, -0.25) is 4.79 Å². The molecule has 2 aromatic carbocycles. The average molecular weight is 418 g/mol. The first-order valence-electron chi connectivity index (χ1n) is 9.17. The van der Waals surface area contributed by atoms with Gasteiger partial charge >= 0.3 is 5.97 Å². The van der Waals surface area contributed by atoms with Gasteiger partial charge in [0.15, 0.2) is 0 Å². The van der Waals surface area contributed by atoms with Crippen molar-refractivity contribution in [3.63, 3.8) is 0 Å². The lowest BCUT2D eigenvalue weighted by molar-refractivity contribution is -0.154. The van der Waals surface area contributed by atoms with E-state index in [4.69, 9.17) is 21.1 Å². The number of nitrogens with zero attached hydrogens (tertiary/aromatic N) is 1. The molecule has 2 aliphatic rings. The number of benzene rings is 2. The monoisotopic (exact) mass is 417 g/mol. The minimum Gasteiger partial charge on any atom is -0.488 e. The van der Waals surface area contributed by atoms with E-state index in [1.165, 1.54) is 0 Å². The summed E-state index contributed by atoms with van der Waals surface area (Å²) in [6.07, 6.45) is 1.15. The zero-order chi connectivity index (χ0) is 19.6. The van der Waals surface area contributed by atoms with E-state index in [9.17, 15) is 9.59 Å². The van der Waals surface area contributed by atoms with Gasteiger partial charge in [0.25, 0.3) is 0 Å². The van der Waals surface area contributed by atoms with Crippen LogP contribution in [0.4, 0.5) is 0 Å². The minimum atomic E-state index is -0.569. The van der Waals surface area contributed by atoms with Gasteiger partial charge in [-0.25, -0.2) is 4.79 Å². The molecule has 2 fully saturated rings. The Kier molecular flexibility index (Phi) is 5.51. The third-order valence-corrected chi connectivity index (χ3v) is 6.95. The fourth-order valence-corrected chi connectivity index (χ4v) is 5.59. The quantitative estimate of drug-likeness (QED) is 0.527. The first-order valence-corrected chi connectivity index (χ1v) is 10.5. The molecular formula is C21H20ClNO4S. The van der Waals surface area contributed by atoms with Crippen LogP contribution in [0.15, 0.2) is 54.6 Å². The normalized spacial score (nSPS) is 23.5. The molecule has 28 heavy (non-hydrogen) atoms. The van der Waals surface area contributed by atoms with Crippen molar-refractivity contribution in [2.45, 2.75) is 23.8 Å². The van der Waals surface area contributed by atoms with Crippen LogP contribution in [0.1, 0.15) is 18.4 Å². The standard InChI is InChI=1S/C21H20ClNO4S/c22-16-8-4-5-9-18(16)26-12-13-27-20(25)17-14-28-21(11-10-19(24)23(17)21)15-6-2-1-3-7-15/h1-9,17H,10-14H2/t17-,21-/m1/s1. The molecule has 2 atom stereocenters. The van der Waals surface area contributed by atoms with E-state index in [2.05, 4.69) is 0 Å². The van der Waals surface area contributed by atoms with Crippen LogP contribution in [0, 0.1) is 0 Å². The van der Waals surface area contributed by atoms with Crippen LogP contribution < -0.4 is 4.74 Å². The van der Waals surface area contributed by atoms with Crippen molar-refractivity contribution >= 4 is 35.2 Å². The van der Waals surface area contributed by atoms with E-state index >= 15 is 0 Å². The Balaban J connectivity index is 1.38. The Labute approximate surface area is 172 Å². The van der Waals surface area contributed by atoms with Crippen LogP contribution in [0.5, 0.6) is 5.75 Å². The van der Waals surface area contributed by atoms with Crippen molar-refractivity contribution in [2.75, 3.05) is 19.0 Å². The van der Waals surface area contributed by atoms with Crippen molar-refractivity contribution in [1.82, 2.24) is 4.90 Å². The zero-order valence-corrected chi connectivity index (χ0v) is 16.7. The summed E-state index contributed by atoms with van der Waals surface area (Å²) in [6.45, 7) is 0.304. The van der Waals surface area contributed by atoms with Gasteiger partial charge in [-0.2, -0.15) is 0 Å². The summed E-state index contributed by atoms with van der Waals surface area (Å²) in [6, 6.07) is 16.5. The maximum Gasteiger partial charge on any atom is 0.329 e. The van der Waals surface area contributed by atoms with Gasteiger partial charge in [-0.15, -0.1) is 11.8 Å². The van der Waals surface area contributed by atoms with Gasteiger partial charge in [0.05, 0.1) is 5.02 Å². The largest absolute Gasteiger partial charge is 0.488 e. The highest BCUT2D eigenvalue weighted by Gasteiger charge is 2.57. The molecule has 2 aromatic rings. The average Bonchev–Trinajstić information content (AvgIpc) is 3.26. The van der Waals surface area contributed by atoms with Crippen LogP contribution >= 0.6 is 23.4 Å². The van der Waals surface area contributed by atoms with Crippen LogP contribution in [-0.4, -0.2) is 41.8 Å². The molecule has 4 rings (SSSR count). The Morgan fingerprint density at radius 3 is 2.68 bits per heavy atom. The van der Waals surface area contributed by atoms with Crippen LogP contribution in [-0.2, 0) is 19.2 Å². The van der Waals surface area contributed by atoms with Crippen LogP contribution in [0.2, 0.25) is 5.02 Å². The number of thioether (sulfide) groups is 1. The number of carbonyl (C=O) groups excluding carboxylic acids is 2. The highest BCUT2D eigenvalue weighted by molar-refractivity contribution is 8.00. The van der Waals surface area contributed by atoms with Gasteiger partial charge in [0, 0.05) is 12.2 Å². The molecule has 0 radical (unpaired) electrons. The number of esters is 1. The van der Waals surface area contributed by atoms with E-state index in [1.807, 2.05) is 42.5 Å². The van der Waals surface area contributed by atoms with Crippen molar-refractivity contribution in [2.24, 2.45) is 0 Å². The number of rotatable bonds is 6. The number of halogens is 1. The third-order valence-electron chi connectivity index (χ3n) is 5.05. The van der Waals surface area contributed by atoms with Gasteiger partial charge in [-0.1, -0.05) is 54.1 Å². The first-order chi connectivity index (χ1) is 13.6. The highest BCUT2D eigenvalue weighted by Crippen LogP contribution is 2.54. The molecule has 5 nitrogen and oxygen atoms in total. The van der Waals surface area contributed by atoms with E-state index in [0.29, 0.717) is 29.4 Å².